The molecule has 1 aliphatic heterocycles. The van der Waals surface area contributed by atoms with Crippen LogP contribution >= 0.6 is 0 Å². The van der Waals surface area contributed by atoms with Crippen LogP contribution in [0, 0.1) is 20.8 Å². The zero-order chi connectivity index (χ0) is 20.2. The molecule has 0 fully saturated rings. The van der Waals surface area contributed by atoms with Crippen LogP contribution in [0.1, 0.15) is 39.8 Å². The highest BCUT2D eigenvalue weighted by atomic mass is 15.1. The second kappa shape index (κ2) is 8.53. The van der Waals surface area contributed by atoms with E-state index in [1.165, 1.54) is 44.6 Å². The van der Waals surface area contributed by atoms with Crippen molar-refractivity contribution in [2.24, 2.45) is 0 Å². The normalized spacial score (nSPS) is 13.9. The number of nitrogens with zero attached hydrogens (tertiary/aromatic N) is 1. The van der Waals surface area contributed by atoms with Gasteiger partial charge in [-0.05, 0) is 66.6 Å². The Morgan fingerprint density at radius 1 is 0.793 bits per heavy atom. The fraction of sp³-hybridized carbons (Fsp3) is 0.214. The molecule has 0 N–H and O–H groups in total. The predicted octanol–water partition coefficient (Wildman–Crippen LogP) is 7.12. The molecule has 1 aliphatic rings. The first-order valence-corrected chi connectivity index (χ1v) is 10.5. The maximum absolute atomic E-state index is 2.52. The van der Waals surface area contributed by atoms with E-state index in [2.05, 4.69) is 111 Å². The summed E-state index contributed by atoms with van der Waals surface area (Å²) >= 11 is 0. The van der Waals surface area contributed by atoms with Crippen molar-refractivity contribution in [2.45, 2.75) is 33.7 Å². The number of aryl methyl sites for hydroxylation is 3. The number of rotatable bonds is 4. The van der Waals surface area contributed by atoms with E-state index in [1.807, 2.05) is 0 Å². The lowest BCUT2D eigenvalue weighted by Crippen LogP contribution is -2.24. The Bertz CT molecular complexity index is 1070. The number of benzene rings is 3. The standard InChI is InChI=1S/C28H29N/c1-21-14-15-24(19-23(21)3)16-17-25-11-8-18-29(28-13-7-6-12-27(25)28)20-26-10-5-4-9-22(26)2/h4-7,9-17,19H,8,18,20H2,1-3H3/b17-16+. The SMILES string of the molecule is Cc1ccc(/C=C/C2=CCCN(Cc3ccccc3C)c3ccccc32)cc1C. The number of hydrogen-bond donors (Lipinski definition) is 0. The lowest BCUT2D eigenvalue weighted by Gasteiger charge is -2.26. The zero-order valence-corrected chi connectivity index (χ0v) is 17.7. The fourth-order valence-corrected chi connectivity index (χ4v) is 3.97. The van der Waals surface area contributed by atoms with Crippen LogP contribution in [-0.4, -0.2) is 6.54 Å². The number of para-hydroxylation sites is 1. The van der Waals surface area contributed by atoms with E-state index in [0.717, 1.165) is 19.5 Å². The highest BCUT2D eigenvalue weighted by molar-refractivity contribution is 5.86. The molecule has 0 spiro atoms. The van der Waals surface area contributed by atoms with Gasteiger partial charge in [0, 0.05) is 24.3 Å². The van der Waals surface area contributed by atoms with Gasteiger partial charge in [0.1, 0.15) is 0 Å². The van der Waals surface area contributed by atoms with Gasteiger partial charge in [0.05, 0.1) is 0 Å². The summed E-state index contributed by atoms with van der Waals surface area (Å²) in [6, 6.07) is 24.2. The number of anilines is 1. The predicted molar refractivity (Wildman–Crippen MR) is 126 cm³/mol. The first-order chi connectivity index (χ1) is 14.1. The van der Waals surface area contributed by atoms with Crippen LogP contribution in [0.15, 0.2) is 78.9 Å². The van der Waals surface area contributed by atoms with Crippen molar-refractivity contribution in [2.75, 3.05) is 11.4 Å². The van der Waals surface area contributed by atoms with Crippen LogP contribution in [0.4, 0.5) is 5.69 Å². The van der Waals surface area contributed by atoms with Crippen molar-refractivity contribution < 1.29 is 0 Å². The van der Waals surface area contributed by atoms with Crippen molar-refractivity contribution >= 4 is 17.3 Å². The molecule has 3 aromatic carbocycles. The molecule has 1 nitrogen and oxygen atoms in total. The molecule has 3 aromatic rings. The minimum absolute atomic E-state index is 0.950. The summed E-state index contributed by atoms with van der Waals surface area (Å²) in [5.74, 6) is 0. The third-order valence-corrected chi connectivity index (χ3v) is 5.93. The van der Waals surface area contributed by atoms with Crippen LogP contribution in [-0.2, 0) is 6.54 Å². The monoisotopic (exact) mass is 379 g/mol. The van der Waals surface area contributed by atoms with Crippen LogP contribution < -0.4 is 4.90 Å². The first-order valence-electron chi connectivity index (χ1n) is 10.5. The molecule has 0 bridgehead atoms. The quantitative estimate of drug-likeness (QED) is 0.466. The second-order valence-corrected chi connectivity index (χ2v) is 7.99. The van der Waals surface area contributed by atoms with E-state index >= 15 is 0 Å². The molecule has 146 valence electrons. The fourth-order valence-electron chi connectivity index (χ4n) is 3.97. The summed E-state index contributed by atoms with van der Waals surface area (Å²) in [7, 11) is 0. The van der Waals surface area contributed by atoms with Gasteiger partial charge in [-0.15, -0.1) is 0 Å². The molecule has 0 saturated heterocycles. The van der Waals surface area contributed by atoms with E-state index in [0.29, 0.717) is 0 Å². The topological polar surface area (TPSA) is 3.24 Å². The van der Waals surface area contributed by atoms with Crippen molar-refractivity contribution in [3.63, 3.8) is 0 Å². The largest absolute Gasteiger partial charge is 0.366 e. The Balaban J connectivity index is 1.64. The summed E-state index contributed by atoms with van der Waals surface area (Å²) in [6.45, 7) is 8.53. The number of fused-ring (bicyclic) bond motifs is 1. The van der Waals surface area contributed by atoms with Crippen LogP contribution in [0.3, 0.4) is 0 Å². The van der Waals surface area contributed by atoms with Crippen molar-refractivity contribution in [1.82, 2.24) is 0 Å². The van der Waals surface area contributed by atoms with Crippen molar-refractivity contribution in [3.8, 4) is 0 Å². The summed E-state index contributed by atoms with van der Waals surface area (Å²) < 4.78 is 0. The van der Waals surface area contributed by atoms with Crippen LogP contribution in [0.25, 0.3) is 11.6 Å². The van der Waals surface area contributed by atoms with Gasteiger partial charge in [0.2, 0.25) is 0 Å². The van der Waals surface area contributed by atoms with Gasteiger partial charge in [-0.2, -0.15) is 0 Å². The van der Waals surface area contributed by atoms with E-state index in [-0.39, 0.29) is 0 Å². The summed E-state index contributed by atoms with van der Waals surface area (Å²) in [5, 5.41) is 0. The minimum Gasteiger partial charge on any atom is -0.366 e. The maximum Gasteiger partial charge on any atom is 0.0448 e. The van der Waals surface area contributed by atoms with E-state index < -0.39 is 0 Å². The van der Waals surface area contributed by atoms with Gasteiger partial charge in [-0.1, -0.05) is 78.9 Å². The molecule has 0 atom stereocenters. The highest BCUT2D eigenvalue weighted by Gasteiger charge is 2.16. The van der Waals surface area contributed by atoms with Gasteiger partial charge >= 0.3 is 0 Å². The number of allylic oxidation sites excluding steroid dienone is 2. The molecule has 0 amide bonds. The molecule has 4 rings (SSSR count). The molecule has 0 saturated carbocycles. The van der Waals surface area contributed by atoms with Gasteiger partial charge in [0.15, 0.2) is 0 Å². The lowest BCUT2D eigenvalue weighted by molar-refractivity contribution is 0.795. The average Bonchev–Trinajstić information content (AvgIpc) is 2.90. The Kier molecular flexibility index (Phi) is 5.67. The smallest absolute Gasteiger partial charge is 0.0448 e. The molecule has 1 heteroatoms. The Hall–Kier alpha value is -3.06. The van der Waals surface area contributed by atoms with Gasteiger partial charge in [0.25, 0.3) is 0 Å². The summed E-state index contributed by atoms with van der Waals surface area (Å²) in [4.78, 5) is 2.52. The molecule has 1 heterocycles. The minimum atomic E-state index is 0.950. The van der Waals surface area contributed by atoms with Gasteiger partial charge < -0.3 is 4.90 Å². The molecule has 0 unspecified atom stereocenters. The zero-order valence-electron chi connectivity index (χ0n) is 17.7. The molecule has 0 aromatic heterocycles. The van der Waals surface area contributed by atoms with E-state index in [4.69, 9.17) is 0 Å². The molecule has 0 aliphatic carbocycles. The number of hydrogen-bond acceptors (Lipinski definition) is 1. The van der Waals surface area contributed by atoms with Crippen LogP contribution in [0.5, 0.6) is 0 Å². The molecular weight excluding hydrogens is 350 g/mol. The second-order valence-electron chi connectivity index (χ2n) is 7.99. The van der Waals surface area contributed by atoms with Gasteiger partial charge in [-0.3, -0.25) is 0 Å². The van der Waals surface area contributed by atoms with Crippen molar-refractivity contribution in [1.29, 1.82) is 0 Å². The van der Waals surface area contributed by atoms with Gasteiger partial charge in [-0.25, -0.2) is 0 Å². The maximum atomic E-state index is 2.52. The lowest BCUT2D eigenvalue weighted by atomic mass is 10.0. The first kappa shape index (κ1) is 19.3. The van der Waals surface area contributed by atoms with Crippen LogP contribution in [0.2, 0.25) is 0 Å². The Morgan fingerprint density at radius 2 is 1.59 bits per heavy atom. The van der Waals surface area contributed by atoms with E-state index in [1.54, 1.807) is 0 Å². The molecular formula is C28H29N. The highest BCUT2D eigenvalue weighted by Crippen LogP contribution is 2.33. The third kappa shape index (κ3) is 4.35. The van der Waals surface area contributed by atoms with Crippen molar-refractivity contribution in [3.05, 3.63) is 112 Å². The Morgan fingerprint density at radius 3 is 2.41 bits per heavy atom. The molecule has 0 radical (unpaired) electrons. The molecule has 29 heavy (non-hydrogen) atoms. The average molecular weight is 380 g/mol. The Labute approximate surface area is 175 Å². The third-order valence-electron chi connectivity index (χ3n) is 5.93. The van der Waals surface area contributed by atoms with E-state index in [9.17, 15) is 0 Å². The summed E-state index contributed by atoms with van der Waals surface area (Å²) in [5.41, 5.74) is 10.6. The summed E-state index contributed by atoms with van der Waals surface area (Å²) in [6.07, 6.45) is 7.95.